The summed E-state index contributed by atoms with van der Waals surface area (Å²) in [6, 6.07) is 21.6. The van der Waals surface area contributed by atoms with Gasteiger partial charge in [-0.15, -0.1) is 0 Å². The van der Waals surface area contributed by atoms with E-state index < -0.39 is 17.1 Å². The fourth-order valence-corrected chi connectivity index (χ4v) is 7.87. The monoisotopic (exact) mass is 601 g/mol. The lowest BCUT2D eigenvalue weighted by Crippen LogP contribution is -2.32. The van der Waals surface area contributed by atoms with Crippen molar-refractivity contribution in [2.45, 2.75) is 30.0 Å². The second-order valence-corrected chi connectivity index (χ2v) is 12.1. The second kappa shape index (κ2) is 11.5. The van der Waals surface area contributed by atoms with Crippen LogP contribution >= 0.6 is 23.1 Å². The van der Waals surface area contributed by atoms with Gasteiger partial charge in [0.05, 0.1) is 23.2 Å². The van der Waals surface area contributed by atoms with Crippen LogP contribution in [-0.2, 0) is 14.4 Å². The summed E-state index contributed by atoms with van der Waals surface area (Å²) in [5.74, 6) is -1.46. The lowest BCUT2D eigenvalue weighted by atomic mass is 9.83. The molecule has 3 atom stereocenters. The number of carbonyl (C=O) groups excluding carboxylic acids is 3. The molecular weight excluding hydrogens is 574 g/mol. The summed E-state index contributed by atoms with van der Waals surface area (Å²) in [6.45, 7) is 3.84. The minimum atomic E-state index is -0.720. The number of anilines is 2. The van der Waals surface area contributed by atoms with Crippen molar-refractivity contribution in [3.63, 3.8) is 0 Å². The maximum Gasteiger partial charge on any atom is 0.305 e. The maximum absolute atomic E-state index is 13.9. The SMILES string of the molecule is CCOc1cc([C@H]2c3sc(=O)[nH]c3SC3C(=O)N(c4ccccc4)C(=O)C32)ccc1OCC(=O)Nc1ccccc1C. The average Bonchev–Trinajstić information content (AvgIpc) is 3.48. The molecule has 0 aliphatic carbocycles. The van der Waals surface area contributed by atoms with Crippen molar-refractivity contribution in [2.24, 2.45) is 5.92 Å². The Morgan fingerprint density at radius 3 is 2.48 bits per heavy atom. The fraction of sp³-hybridized carbons (Fsp3) is 0.226. The minimum absolute atomic E-state index is 0.235. The van der Waals surface area contributed by atoms with E-state index in [4.69, 9.17) is 9.47 Å². The molecule has 0 spiro atoms. The Morgan fingerprint density at radius 1 is 0.952 bits per heavy atom. The van der Waals surface area contributed by atoms with Gasteiger partial charge in [-0.05, 0) is 55.3 Å². The average molecular weight is 602 g/mol. The van der Waals surface area contributed by atoms with Crippen LogP contribution < -0.4 is 24.6 Å². The number of thiazole rings is 1. The normalized spacial score (nSPS) is 19.3. The van der Waals surface area contributed by atoms with Crippen LogP contribution in [0.25, 0.3) is 0 Å². The number of ether oxygens (including phenoxy) is 2. The number of aromatic nitrogens is 1. The largest absolute Gasteiger partial charge is 0.490 e. The van der Waals surface area contributed by atoms with Gasteiger partial charge in [0.25, 0.3) is 5.91 Å². The van der Waals surface area contributed by atoms with E-state index in [1.54, 1.807) is 42.5 Å². The molecule has 3 aromatic carbocycles. The molecular formula is C31H27N3O6S2. The molecule has 2 N–H and O–H groups in total. The summed E-state index contributed by atoms with van der Waals surface area (Å²) in [5, 5.41) is 2.75. The third-order valence-electron chi connectivity index (χ3n) is 7.24. The molecule has 0 bridgehead atoms. The van der Waals surface area contributed by atoms with Gasteiger partial charge in [0.15, 0.2) is 18.1 Å². The molecule has 0 saturated carbocycles. The quantitative estimate of drug-likeness (QED) is 0.274. The number of benzene rings is 3. The summed E-state index contributed by atoms with van der Waals surface area (Å²) < 4.78 is 11.7. The van der Waals surface area contributed by atoms with E-state index in [9.17, 15) is 19.2 Å². The zero-order chi connectivity index (χ0) is 29.4. The number of carbonyl (C=O) groups is 3. The zero-order valence-electron chi connectivity index (χ0n) is 22.8. The van der Waals surface area contributed by atoms with Crippen LogP contribution in [0.2, 0.25) is 0 Å². The van der Waals surface area contributed by atoms with Gasteiger partial charge in [-0.2, -0.15) is 0 Å². The van der Waals surface area contributed by atoms with Crippen molar-refractivity contribution in [1.29, 1.82) is 0 Å². The van der Waals surface area contributed by atoms with E-state index in [1.807, 2.05) is 44.2 Å². The smallest absolute Gasteiger partial charge is 0.305 e. The first-order valence-electron chi connectivity index (χ1n) is 13.4. The van der Waals surface area contributed by atoms with E-state index in [0.29, 0.717) is 44.9 Å². The third-order valence-corrected chi connectivity index (χ3v) is 9.64. The number of para-hydroxylation sites is 2. The number of nitrogens with one attached hydrogen (secondary N) is 2. The Kier molecular flexibility index (Phi) is 7.61. The topological polar surface area (TPSA) is 118 Å². The highest BCUT2D eigenvalue weighted by Gasteiger charge is 2.56. The van der Waals surface area contributed by atoms with Crippen molar-refractivity contribution in [3.8, 4) is 11.5 Å². The van der Waals surface area contributed by atoms with Crippen LogP contribution in [0.4, 0.5) is 11.4 Å². The number of nitrogens with zero attached hydrogens (tertiary/aromatic N) is 1. The van der Waals surface area contributed by atoms with Gasteiger partial charge in [0, 0.05) is 16.5 Å². The van der Waals surface area contributed by atoms with Crippen molar-refractivity contribution < 1.29 is 23.9 Å². The highest BCUT2D eigenvalue weighted by molar-refractivity contribution is 8.00. The number of amides is 3. The molecule has 2 aliphatic heterocycles. The highest BCUT2D eigenvalue weighted by atomic mass is 32.2. The van der Waals surface area contributed by atoms with Crippen LogP contribution in [0.3, 0.4) is 0 Å². The Balaban J connectivity index is 1.32. The molecule has 0 radical (unpaired) electrons. The first kappa shape index (κ1) is 27.8. The molecule has 3 amide bonds. The number of rotatable bonds is 8. The Bertz CT molecular complexity index is 1730. The van der Waals surface area contributed by atoms with Crippen molar-refractivity contribution >= 4 is 52.2 Å². The molecule has 2 aliphatic rings. The molecule has 4 aromatic rings. The molecule has 1 saturated heterocycles. The highest BCUT2D eigenvalue weighted by Crippen LogP contribution is 2.53. The van der Waals surface area contributed by atoms with E-state index in [1.165, 1.54) is 16.7 Å². The number of thioether (sulfide) groups is 1. The van der Waals surface area contributed by atoms with Crippen molar-refractivity contribution in [2.75, 3.05) is 23.4 Å². The number of H-pyrrole nitrogens is 1. The standard InChI is InChI=1S/C31H27N3O6S2/c1-3-39-22-15-18(13-14-21(22)40-16-23(35)32-20-12-8-7-9-17(20)2)24-25-27(41-28-26(24)42-31(38)33-28)30(37)34(29(25)36)19-10-5-4-6-11-19/h4-15,24-25,27H,3,16H2,1-2H3,(H,32,35)(H,33,38)/t24-,25?,27?/m1/s1. The predicted octanol–water partition coefficient (Wildman–Crippen LogP) is 4.96. The fourth-order valence-electron chi connectivity index (χ4n) is 5.36. The summed E-state index contributed by atoms with van der Waals surface area (Å²) in [5.41, 5.74) is 2.86. The third kappa shape index (κ3) is 5.10. The van der Waals surface area contributed by atoms with Crippen molar-refractivity contribution in [3.05, 3.63) is 98.5 Å². The molecule has 1 aromatic heterocycles. The van der Waals surface area contributed by atoms with Crippen LogP contribution in [0, 0.1) is 12.8 Å². The molecule has 11 heteroatoms. The number of hydrogen-bond acceptors (Lipinski definition) is 8. The summed E-state index contributed by atoms with van der Waals surface area (Å²) in [6.07, 6.45) is 0. The molecule has 6 rings (SSSR count). The van der Waals surface area contributed by atoms with Gasteiger partial charge in [-0.3, -0.25) is 19.2 Å². The number of fused-ring (bicyclic) bond motifs is 2. The minimum Gasteiger partial charge on any atom is -0.490 e. The summed E-state index contributed by atoms with van der Waals surface area (Å²) in [4.78, 5) is 57.1. The molecule has 214 valence electrons. The van der Waals surface area contributed by atoms with Gasteiger partial charge >= 0.3 is 4.87 Å². The van der Waals surface area contributed by atoms with E-state index >= 15 is 0 Å². The van der Waals surface area contributed by atoms with E-state index in [2.05, 4.69) is 10.3 Å². The van der Waals surface area contributed by atoms with Crippen LogP contribution in [-0.4, -0.2) is 41.2 Å². The number of hydrogen-bond donors (Lipinski definition) is 2. The maximum atomic E-state index is 13.9. The lowest BCUT2D eigenvalue weighted by Gasteiger charge is -2.30. The molecule has 3 heterocycles. The van der Waals surface area contributed by atoms with Gasteiger partial charge in [0.2, 0.25) is 11.8 Å². The van der Waals surface area contributed by atoms with E-state index in [-0.39, 0.29) is 29.2 Å². The van der Waals surface area contributed by atoms with Gasteiger partial charge in [-0.1, -0.05) is 65.6 Å². The molecule has 9 nitrogen and oxygen atoms in total. The van der Waals surface area contributed by atoms with Gasteiger partial charge in [0.1, 0.15) is 5.25 Å². The number of aromatic amines is 1. The summed E-state index contributed by atoms with van der Waals surface area (Å²) >= 11 is 2.27. The zero-order valence-corrected chi connectivity index (χ0v) is 24.4. The van der Waals surface area contributed by atoms with E-state index in [0.717, 1.165) is 16.9 Å². The first-order chi connectivity index (χ1) is 20.4. The second-order valence-electron chi connectivity index (χ2n) is 9.89. The van der Waals surface area contributed by atoms with Gasteiger partial charge < -0.3 is 19.8 Å². The molecule has 1 fully saturated rings. The van der Waals surface area contributed by atoms with Gasteiger partial charge in [-0.25, -0.2) is 4.90 Å². The Morgan fingerprint density at radius 2 is 1.71 bits per heavy atom. The summed E-state index contributed by atoms with van der Waals surface area (Å²) in [7, 11) is 0. The molecule has 42 heavy (non-hydrogen) atoms. The lowest BCUT2D eigenvalue weighted by molar-refractivity contribution is -0.122. The number of aryl methyl sites for hydroxylation is 1. The van der Waals surface area contributed by atoms with Crippen LogP contribution in [0.1, 0.15) is 28.8 Å². The Labute approximate surface area is 249 Å². The predicted molar refractivity (Wildman–Crippen MR) is 162 cm³/mol. The number of imide groups is 1. The Hall–Kier alpha value is -4.35. The first-order valence-corrected chi connectivity index (χ1v) is 15.1. The van der Waals surface area contributed by atoms with Crippen LogP contribution in [0.15, 0.2) is 82.6 Å². The van der Waals surface area contributed by atoms with Crippen LogP contribution in [0.5, 0.6) is 11.5 Å². The van der Waals surface area contributed by atoms with Crippen molar-refractivity contribution in [1.82, 2.24) is 4.98 Å². The molecule has 2 unspecified atom stereocenters.